The molecule has 0 aliphatic rings. The van der Waals surface area contributed by atoms with E-state index < -0.39 is 0 Å². The molecule has 6 heteroatoms. The molecule has 0 fully saturated rings. The van der Waals surface area contributed by atoms with E-state index in [9.17, 15) is 4.79 Å². The van der Waals surface area contributed by atoms with Crippen molar-refractivity contribution in [1.29, 1.82) is 0 Å². The maximum atomic E-state index is 13.0. The summed E-state index contributed by atoms with van der Waals surface area (Å²) in [5.74, 6) is -0.143. The van der Waals surface area contributed by atoms with Gasteiger partial charge in [-0.3, -0.25) is 9.78 Å². The highest BCUT2D eigenvalue weighted by Crippen LogP contribution is 2.27. The van der Waals surface area contributed by atoms with Gasteiger partial charge in [-0.05, 0) is 59.7 Å². The van der Waals surface area contributed by atoms with Crippen LogP contribution in [0.1, 0.15) is 61.2 Å². The second-order valence-electron chi connectivity index (χ2n) is 7.63. The van der Waals surface area contributed by atoms with Gasteiger partial charge in [0, 0.05) is 11.9 Å². The van der Waals surface area contributed by atoms with E-state index in [1.54, 1.807) is 6.20 Å². The molecular formula is C20H25N5O. The van der Waals surface area contributed by atoms with Crippen LogP contribution in [0.3, 0.4) is 0 Å². The van der Waals surface area contributed by atoms with E-state index >= 15 is 0 Å². The van der Waals surface area contributed by atoms with Gasteiger partial charge in [0.15, 0.2) is 5.65 Å². The van der Waals surface area contributed by atoms with E-state index in [0.717, 1.165) is 28.1 Å². The summed E-state index contributed by atoms with van der Waals surface area (Å²) in [6.07, 6.45) is 1.73. The second-order valence-corrected chi connectivity index (χ2v) is 7.63. The third-order valence-electron chi connectivity index (χ3n) is 4.30. The summed E-state index contributed by atoms with van der Waals surface area (Å²) in [7, 11) is 0. The molecule has 0 bridgehead atoms. The SMILES string of the molecule is Cc1cc(C(=O)NC(C)c2ccccn2)c2c(C)nn(C(C)(C)C)c2n1. The number of rotatable bonds is 3. The maximum Gasteiger partial charge on any atom is 0.252 e. The van der Waals surface area contributed by atoms with Crippen LogP contribution in [-0.2, 0) is 5.54 Å². The van der Waals surface area contributed by atoms with Gasteiger partial charge in [0.1, 0.15) is 0 Å². The van der Waals surface area contributed by atoms with E-state index in [1.165, 1.54) is 0 Å². The van der Waals surface area contributed by atoms with Crippen LogP contribution in [0, 0.1) is 13.8 Å². The first-order chi connectivity index (χ1) is 12.2. The molecular weight excluding hydrogens is 326 g/mol. The fourth-order valence-electron chi connectivity index (χ4n) is 3.04. The van der Waals surface area contributed by atoms with Crippen molar-refractivity contribution >= 4 is 16.9 Å². The molecule has 0 saturated carbocycles. The highest BCUT2D eigenvalue weighted by molar-refractivity contribution is 6.06. The number of fused-ring (bicyclic) bond motifs is 1. The maximum absolute atomic E-state index is 13.0. The molecule has 3 heterocycles. The molecule has 3 aromatic heterocycles. The molecule has 3 rings (SSSR count). The lowest BCUT2D eigenvalue weighted by molar-refractivity contribution is 0.0940. The number of nitrogens with zero attached hydrogens (tertiary/aromatic N) is 4. The van der Waals surface area contributed by atoms with Crippen molar-refractivity contribution in [2.45, 2.75) is 53.1 Å². The summed E-state index contributed by atoms with van der Waals surface area (Å²) in [6.45, 7) is 12.0. The molecule has 0 aliphatic carbocycles. The first-order valence-electron chi connectivity index (χ1n) is 8.77. The van der Waals surface area contributed by atoms with Crippen LogP contribution in [0.4, 0.5) is 0 Å². The van der Waals surface area contributed by atoms with Crippen molar-refractivity contribution in [3.63, 3.8) is 0 Å². The van der Waals surface area contributed by atoms with Crippen LogP contribution in [0.25, 0.3) is 11.0 Å². The number of carbonyl (C=O) groups is 1. The zero-order valence-electron chi connectivity index (χ0n) is 16.2. The summed E-state index contributed by atoms with van der Waals surface area (Å²) in [5.41, 5.74) is 3.54. The Morgan fingerprint density at radius 1 is 1.23 bits per heavy atom. The number of aromatic nitrogens is 4. The molecule has 3 aromatic rings. The largest absolute Gasteiger partial charge is 0.344 e. The Morgan fingerprint density at radius 3 is 2.58 bits per heavy atom. The summed E-state index contributed by atoms with van der Waals surface area (Å²) in [6, 6.07) is 7.31. The van der Waals surface area contributed by atoms with Gasteiger partial charge in [-0.1, -0.05) is 6.07 Å². The lowest BCUT2D eigenvalue weighted by Gasteiger charge is -2.20. The number of hydrogen-bond donors (Lipinski definition) is 1. The third-order valence-corrected chi connectivity index (χ3v) is 4.30. The number of aryl methyl sites for hydroxylation is 2. The highest BCUT2D eigenvalue weighted by Gasteiger charge is 2.24. The molecule has 0 aromatic carbocycles. The van der Waals surface area contributed by atoms with Gasteiger partial charge in [-0.2, -0.15) is 5.10 Å². The highest BCUT2D eigenvalue weighted by atomic mass is 16.1. The Bertz CT molecular complexity index is 954. The number of nitrogens with one attached hydrogen (secondary N) is 1. The molecule has 136 valence electrons. The molecule has 1 atom stereocenters. The monoisotopic (exact) mass is 351 g/mol. The molecule has 1 amide bonds. The molecule has 0 aliphatic heterocycles. The van der Waals surface area contributed by atoms with E-state index in [1.807, 2.05) is 49.7 Å². The molecule has 26 heavy (non-hydrogen) atoms. The van der Waals surface area contributed by atoms with E-state index in [4.69, 9.17) is 0 Å². The van der Waals surface area contributed by atoms with Gasteiger partial charge in [0.05, 0.1) is 33.9 Å². The second kappa shape index (κ2) is 6.52. The quantitative estimate of drug-likeness (QED) is 0.781. The Balaban J connectivity index is 2.05. The first kappa shape index (κ1) is 18.0. The van der Waals surface area contributed by atoms with Crippen molar-refractivity contribution in [3.05, 3.63) is 53.1 Å². The van der Waals surface area contributed by atoms with Crippen LogP contribution < -0.4 is 5.32 Å². The van der Waals surface area contributed by atoms with Gasteiger partial charge in [-0.15, -0.1) is 0 Å². The standard InChI is InChI=1S/C20H25N5O/c1-12-11-15(19(26)23-13(2)16-9-7-8-10-21-16)17-14(3)24-25(18(17)22-12)20(4,5)6/h7-11,13H,1-6H3,(H,23,26). The lowest BCUT2D eigenvalue weighted by Crippen LogP contribution is -2.28. The van der Waals surface area contributed by atoms with Crippen LogP contribution in [0.5, 0.6) is 0 Å². The zero-order valence-corrected chi connectivity index (χ0v) is 16.2. The fourth-order valence-corrected chi connectivity index (χ4v) is 3.04. The predicted octanol–water partition coefficient (Wildman–Crippen LogP) is 3.69. The van der Waals surface area contributed by atoms with E-state index in [-0.39, 0.29) is 17.5 Å². The van der Waals surface area contributed by atoms with Crippen molar-refractivity contribution in [3.8, 4) is 0 Å². The van der Waals surface area contributed by atoms with Crippen molar-refractivity contribution in [2.75, 3.05) is 0 Å². The minimum absolute atomic E-state index is 0.143. The normalized spacial score (nSPS) is 13.0. The van der Waals surface area contributed by atoms with E-state index in [2.05, 4.69) is 41.2 Å². The molecule has 0 spiro atoms. The number of carbonyl (C=O) groups excluding carboxylic acids is 1. The lowest BCUT2D eigenvalue weighted by atomic mass is 10.1. The summed E-state index contributed by atoms with van der Waals surface area (Å²) in [5, 5.41) is 8.49. The molecule has 0 radical (unpaired) electrons. The Kier molecular flexibility index (Phi) is 4.52. The number of pyridine rings is 2. The summed E-state index contributed by atoms with van der Waals surface area (Å²) < 4.78 is 1.89. The Labute approximate surface area is 153 Å². The van der Waals surface area contributed by atoms with Gasteiger partial charge in [-0.25, -0.2) is 9.67 Å². The fraction of sp³-hybridized carbons (Fsp3) is 0.400. The molecule has 1 N–H and O–H groups in total. The zero-order chi connectivity index (χ0) is 19.1. The minimum Gasteiger partial charge on any atom is -0.344 e. The third kappa shape index (κ3) is 3.31. The molecule has 0 saturated heterocycles. The molecule has 6 nitrogen and oxygen atoms in total. The minimum atomic E-state index is -0.220. The average molecular weight is 351 g/mol. The first-order valence-corrected chi connectivity index (χ1v) is 8.77. The van der Waals surface area contributed by atoms with Crippen molar-refractivity contribution in [2.24, 2.45) is 0 Å². The summed E-state index contributed by atoms with van der Waals surface area (Å²) in [4.78, 5) is 22.0. The summed E-state index contributed by atoms with van der Waals surface area (Å²) >= 11 is 0. The van der Waals surface area contributed by atoms with Crippen LogP contribution in [0.15, 0.2) is 30.5 Å². The van der Waals surface area contributed by atoms with Gasteiger partial charge in [0.25, 0.3) is 5.91 Å². The van der Waals surface area contributed by atoms with Crippen molar-refractivity contribution in [1.82, 2.24) is 25.1 Å². The van der Waals surface area contributed by atoms with Gasteiger partial charge < -0.3 is 5.32 Å². The average Bonchev–Trinajstić information content (AvgIpc) is 2.91. The smallest absolute Gasteiger partial charge is 0.252 e. The van der Waals surface area contributed by atoms with Crippen LogP contribution in [0.2, 0.25) is 0 Å². The predicted molar refractivity (Wildman–Crippen MR) is 102 cm³/mol. The van der Waals surface area contributed by atoms with E-state index in [0.29, 0.717) is 5.56 Å². The number of hydrogen-bond acceptors (Lipinski definition) is 4. The Morgan fingerprint density at radius 2 is 1.96 bits per heavy atom. The van der Waals surface area contributed by atoms with Crippen LogP contribution in [-0.4, -0.2) is 25.7 Å². The Hall–Kier alpha value is -2.76. The van der Waals surface area contributed by atoms with Gasteiger partial charge >= 0.3 is 0 Å². The van der Waals surface area contributed by atoms with Gasteiger partial charge in [0.2, 0.25) is 0 Å². The number of amides is 1. The topological polar surface area (TPSA) is 72.7 Å². The molecule has 1 unspecified atom stereocenters. The van der Waals surface area contributed by atoms with Crippen molar-refractivity contribution < 1.29 is 4.79 Å². The van der Waals surface area contributed by atoms with Crippen LogP contribution >= 0.6 is 0 Å².